The van der Waals surface area contributed by atoms with Crippen LogP contribution in [-0.4, -0.2) is 40.3 Å². The molecular weight excluding hydrogens is 322 g/mol. The van der Waals surface area contributed by atoms with Gasteiger partial charge in [0.25, 0.3) is 0 Å². The summed E-state index contributed by atoms with van der Waals surface area (Å²) in [6.07, 6.45) is 3.86. The summed E-state index contributed by atoms with van der Waals surface area (Å²) >= 11 is 3.59. The van der Waals surface area contributed by atoms with Crippen LogP contribution in [0.4, 0.5) is 0 Å². The summed E-state index contributed by atoms with van der Waals surface area (Å²) in [5.41, 5.74) is 3.24. The summed E-state index contributed by atoms with van der Waals surface area (Å²) in [6.45, 7) is 3.36. The van der Waals surface area contributed by atoms with Gasteiger partial charge >= 0.3 is 0 Å². The van der Waals surface area contributed by atoms with Crippen LogP contribution >= 0.6 is 15.9 Å². The molecule has 0 bridgehead atoms. The number of methoxy groups -OCH3 is 1. The Bertz CT molecular complexity index is 577. The fraction of sp³-hybridized carbons (Fsp3) is 0.538. The Hall–Kier alpha value is -1.18. The summed E-state index contributed by atoms with van der Waals surface area (Å²) in [5.74, 6) is 0. The molecule has 0 saturated heterocycles. The van der Waals surface area contributed by atoms with Gasteiger partial charge in [0.1, 0.15) is 0 Å². The van der Waals surface area contributed by atoms with Crippen LogP contribution in [0.3, 0.4) is 0 Å². The molecule has 1 unspecified atom stereocenters. The van der Waals surface area contributed by atoms with E-state index in [9.17, 15) is 0 Å². The zero-order valence-corrected chi connectivity index (χ0v) is 13.8. The van der Waals surface area contributed by atoms with Gasteiger partial charge in [-0.3, -0.25) is 9.36 Å². The quantitative estimate of drug-likeness (QED) is 0.867. The van der Waals surface area contributed by atoms with E-state index in [0.29, 0.717) is 6.61 Å². The molecule has 0 aliphatic heterocycles. The van der Waals surface area contributed by atoms with E-state index in [1.165, 1.54) is 0 Å². The summed E-state index contributed by atoms with van der Waals surface area (Å²) < 4.78 is 9.92. The van der Waals surface area contributed by atoms with Crippen molar-refractivity contribution < 1.29 is 4.74 Å². The summed E-state index contributed by atoms with van der Waals surface area (Å²) in [7, 11) is 5.57. The Kier molecular flexibility index (Phi) is 4.95. The second kappa shape index (κ2) is 6.51. The third-order valence-corrected chi connectivity index (χ3v) is 3.88. The fourth-order valence-corrected chi connectivity index (χ4v) is 2.88. The molecule has 0 amide bonds. The molecular formula is C13H20BrN5O. The number of rotatable bonds is 6. The lowest BCUT2D eigenvalue weighted by Crippen LogP contribution is -2.23. The molecule has 0 fully saturated rings. The van der Waals surface area contributed by atoms with Crippen LogP contribution in [0.15, 0.2) is 16.9 Å². The lowest BCUT2D eigenvalue weighted by atomic mass is 10.1. The van der Waals surface area contributed by atoms with Crippen molar-refractivity contribution in [3.05, 3.63) is 33.8 Å². The molecule has 2 aromatic rings. The van der Waals surface area contributed by atoms with E-state index in [0.717, 1.165) is 28.0 Å². The van der Waals surface area contributed by atoms with Gasteiger partial charge in [0.2, 0.25) is 0 Å². The normalized spacial score (nSPS) is 12.8. The second-order valence-electron chi connectivity index (χ2n) is 4.66. The Morgan fingerprint density at radius 2 is 2.25 bits per heavy atom. The molecule has 0 aromatic carbocycles. The molecule has 1 N–H and O–H groups in total. The van der Waals surface area contributed by atoms with Gasteiger partial charge in [-0.25, -0.2) is 0 Å². The van der Waals surface area contributed by atoms with E-state index in [-0.39, 0.29) is 6.04 Å². The van der Waals surface area contributed by atoms with Crippen LogP contribution in [0.2, 0.25) is 0 Å². The first-order valence-electron chi connectivity index (χ1n) is 6.46. The molecule has 0 aliphatic rings. The van der Waals surface area contributed by atoms with Crippen molar-refractivity contribution in [1.82, 2.24) is 24.9 Å². The second-order valence-corrected chi connectivity index (χ2v) is 5.51. The molecule has 1 atom stereocenters. The van der Waals surface area contributed by atoms with Crippen LogP contribution in [0.25, 0.3) is 0 Å². The highest BCUT2D eigenvalue weighted by molar-refractivity contribution is 9.10. The number of nitrogens with zero attached hydrogens (tertiary/aromatic N) is 4. The number of halogens is 1. The number of aryl methyl sites for hydroxylation is 2. The smallest absolute Gasteiger partial charge is 0.0790 e. The van der Waals surface area contributed by atoms with Crippen LogP contribution in [0, 0.1) is 6.92 Å². The van der Waals surface area contributed by atoms with E-state index >= 15 is 0 Å². The largest absolute Gasteiger partial charge is 0.383 e. The lowest BCUT2D eigenvalue weighted by molar-refractivity contribution is 0.182. The highest BCUT2D eigenvalue weighted by Gasteiger charge is 2.23. The minimum absolute atomic E-state index is 0.0393. The highest BCUT2D eigenvalue weighted by Crippen LogP contribution is 2.29. The van der Waals surface area contributed by atoms with E-state index < -0.39 is 0 Å². The van der Waals surface area contributed by atoms with E-state index in [1.54, 1.807) is 7.11 Å². The first-order valence-corrected chi connectivity index (χ1v) is 7.25. The van der Waals surface area contributed by atoms with Crippen molar-refractivity contribution in [3.63, 3.8) is 0 Å². The van der Waals surface area contributed by atoms with Crippen molar-refractivity contribution in [2.45, 2.75) is 19.5 Å². The van der Waals surface area contributed by atoms with E-state index in [4.69, 9.17) is 4.74 Å². The van der Waals surface area contributed by atoms with Gasteiger partial charge in [-0.2, -0.15) is 10.2 Å². The lowest BCUT2D eigenvalue weighted by Gasteiger charge is -2.18. The standard InChI is InChI=1S/C13H20BrN5O/c1-9-10(8-18(3)17-9)12(15-2)13-11(14)7-16-19(13)5-6-20-4/h7-8,12,15H,5-6H2,1-4H3. The predicted molar refractivity (Wildman–Crippen MR) is 80.7 cm³/mol. The van der Waals surface area contributed by atoms with Crippen LogP contribution in [0.1, 0.15) is 23.0 Å². The third kappa shape index (κ3) is 2.94. The molecule has 0 spiro atoms. The molecule has 2 aromatic heterocycles. The molecule has 7 heteroatoms. The first kappa shape index (κ1) is 15.2. The minimum atomic E-state index is 0.0393. The average molecular weight is 342 g/mol. The number of nitrogens with one attached hydrogen (secondary N) is 1. The maximum atomic E-state index is 5.14. The molecule has 6 nitrogen and oxygen atoms in total. The maximum absolute atomic E-state index is 5.14. The third-order valence-electron chi connectivity index (χ3n) is 3.26. The Labute approximate surface area is 127 Å². The summed E-state index contributed by atoms with van der Waals surface area (Å²) in [5, 5.41) is 12.2. The van der Waals surface area contributed by atoms with Gasteiger partial charge in [-0.05, 0) is 29.9 Å². The van der Waals surface area contributed by atoms with Gasteiger partial charge in [0, 0.05) is 25.9 Å². The number of aromatic nitrogens is 4. The zero-order chi connectivity index (χ0) is 14.7. The Balaban J connectivity index is 2.41. The number of hydrogen-bond donors (Lipinski definition) is 1. The van der Waals surface area contributed by atoms with E-state index in [1.807, 2.05) is 42.8 Å². The maximum Gasteiger partial charge on any atom is 0.0790 e. The van der Waals surface area contributed by atoms with Crippen molar-refractivity contribution >= 4 is 15.9 Å². The molecule has 0 saturated carbocycles. The molecule has 2 rings (SSSR count). The average Bonchev–Trinajstić information content (AvgIpc) is 2.93. The molecule has 20 heavy (non-hydrogen) atoms. The van der Waals surface area contributed by atoms with Crippen molar-refractivity contribution in [1.29, 1.82) is 0 Å². The van der Waals surface area contributed by atoms with Gasteiger partial charge < -0.3 is 10.1 Å². The zero-order valence-electron chi connectivity index (χ0n) is 12.2. The van der Waals surface area contributed by atoms with Gasteiger partial charge in [0.15, 0.2) is 0 Å². The molecule has 110 valence electrons. The number of ether oxygens (including phenoxy) is 1. The van der Waals surface area contributed by atoms with E-state index in [2.05, 4.69) is 31.4 Å². The first-order chi connectivity index (χ1) is 9.58. The fourth-order valence-electron chi connectivity index (χ4n) is 2.36. The van der Waals surface area contributed by atoms with Crippen LogP contribution in [-0.2, 0) is 18.3 Å². The van der Waals surface area contributed by atoms with Crippen molar-refractivity contribution in [2.75, 3.05) is 20.8 Å². The van der Waals surface area contributed by atoms with Gasteiger partial charge in [-0.1, -0.05) is 0 Å². The molecule has 0 radical (unpaired) electrons. The SMILES string of the molecule is CNC(c1cn(C)nc1C)c1c(Br)cnn1CCOC. The van der Waals surface area contributed by atoms with Gasteiger partial charge in [-0.15, -0.1) is 0 Å². The van der Waals surface area contributed by atoms with Gasteiger partial charge in [0.05, 0.1) is 41.3 Å². The molecule has 0 aliphatic carbocycles. The van der Waals surface area contributed by atoms with Crippen molar-refractivity contribution in [2.24, 2.45) is 7.05 Å². The van der Waals surface area contributed by atoms with Crippen LogP contribution in [0.5, 0.6) is 0 Å². The Morgan fingerprint density at radius 1 is 1.50 bits per heavy atom. The van der Waals surface area contributed by atoms with Crippen LogP contribution < -0.4 is 5.32 Å². The Morgan fingerprint density at radius 3 is 2.80 bits per heavy atom. The summed E-state index contributed by atoms with van der Waals surface area (Å²) in [4.78, 5) is 0. The monoisotopic (exact) mass is 341 g/mol. The molecule has 2 heterocycles. The number of hydrogen-bond acceptors (Lipinski definition) is 4. The van der Waals surface area contributed by atoms with Crippen molar-refractivity contribution in [3.8, 4) is 0 Å². The minimum Gasteiger partial charge on any atom is -0.383 e. The summed E-state index contributed by atoms with van der Waals surface area (Å²) in [6, 6.07) is 0.0393. The topological polar surface area (TPSA) is 56.9 Å². The predicted octanol–water partition coefficient (Wildman–Crippen LogP) is 1.64. The highest BCUT2D eigenvalue weighted by atomic mass is 79.9.